The summed E-state index contributed by atoms with van der Waals surface area (Å²) in [6.45, 7) is 0. The van der Waals surface area contributed by atoms with E-state index in [4.69, 9.17) is 4.98 Å². The number of benzene rings is 7. The van der Waals surface area contributed by atoms with E-state index in [1.54, 1.807) is 0 Å². The lowest BCUT2D eigenvalue weighted by Crippen LogP contribution is -1.92. The summed E-state index contributed by atoms with van der Waals surface area (Å²) < 4.78 is 2.31. The Morgan fingerprint density at radius 1 is 0.390 bits per heavy atom. The van der Waals surface area contributed by atoms with E-state index in [0.29, 0.717) is 0 Å². The van der Waals surface area contributed by atoms with E-state index in [0.717, 1.165) is 16.7 Å². The number of imidazole rings is 1. The number of hydrogen-bond acceptors (Lipinski definition) is 1. The van der Waals surface area contributed by atoms with Gasteiger partial charge in [0, 0.05) is 10.8 Å². The van der Waals surface area contributed by atoms with Crippen LogP contribution in [0.15, 0.2) is 146 Å². The lowest BCUT2D eigenvalue weighted by molar-refractivity contribution is 1.31. The maximum atomic E-state index is 5.10. The van der Waals surface area contributed by atoms with Crippen molar-refractivity contribution in [2.45, 2.75) is 0 Å². The van der Waals surface area contributed by atoms with Crippen LogP contribution in [0.3, 0.4) is 0 Å². The van der Waals surface area contributed by atoms with Crippen LogP contribution in [0.4, 0.5) is 0 Å². The summed E-state index contributed by atoms with van der Waals surface area (Å²) in [5, 5.41) is 8.78. The molecular weight excluding hydrogens is 496 g/mol. The lowest BCUT2D eigenvalue weighted by atomic mass is 9.92. The molecule has 0 fully saturated rings. The van der Waals surface area contributed by atoms with Crippen molar-refractivity contribution in [1.82, 2.24) is 9.38 Å². The minimum atomic E-state index is 1.00. The molecule has 0 bridgehead atoms. The van der Waals surface area contributed by atoms with Crippen molar-refractivity contribution in [2.75, 3.05) is 0 Å². The zero-order chi connectivity index (χ0) is 26.9. The third-order valence-electron chi connectivity index (χ3n) is 8.55. The Hall–Kier alpha value is -5.47. The zero-order valence-corrected chi connectivity index (χ0v) is 22.3. The highest BCUT2D eigenvalue weighted by atomic mass is 15.0. The third-order valence-corrected chi connectivity index (χ3v) is 8.55. The van der Waals surface area contributed by atoms with Gasteiger partial charge in [0.15, 0.2) is 0 Å². The van der Waals surface area contributed by atoms with Crippen LogP contribution < -0.4 is 0 Å². The van der Waals surface area contributed by atoms with Crippen molar-refractivity contribution in [3.8, 4) is 22.3 Å². The van der Waals surface area contributed by atoms with Crippen LogP contribution in [0.2, 0.25) is 0 Å². The maximum absolute atomic E-state index is 5.10. The molecule has 0 unspecified atom stereocenters. The third kappa shape index (κ3) is 3.28. The fraction of sp³-hybridized carbons (Fsp3) is 0. The number of fused-ring (bicyclic) bond motifs is 11. The monoisotopic (exact) mass is 520 g/mol. The highest BCUT2D eigenvalue weighted by molar-refractivity contribution is 6.15. The van der Waals surface area contributed by atoms with Crippen LogP contribution in [0.25, 0.3) is 82.2 Å². The summed E-state index contributed by atoms with van der Waals surface area (Å²) in [6.07, 6.45) is 0. The van der Waals surface area contributed by atoms with Gasteiger partial charge in [-0.2, -0.15) is 0 Å². The van der Waals surface area contributed by atoms with Gasteiger partial charge in [0.1, 0.15) is 5.65 Å². The van der Waals surface area contributed by atoms with Gasteiger partial charge < -0.3 is 0 Å². The lowest BCUT2D eigenvalue weighted by Gasteiger charge is -2.13. The molecule has 9 aromatic rings. The molecule has 0 saturated heterocycles. The summed E-state index contributed by atoms with van der Waals surface area (Å²) in [5.41, 5.74) is 9.22. The molecule has 0 N–H and O–H groups in total. The van der Waals surface area contributed by atoms with Crippen LogP contribution in [0.5, 0.6) is 0 Å². The molecule has 2 nitrogen and oxygen atoms in total. The standard InChI is InChI=1S/C39H24N2/c1-2-10-29-28(9-1)24-34(31-12-4-3-11-30(29)31)26-19-17-25(18-20-26)27-21-22-32-33-13-5-7-15-37(33)41-38-16-8-6-14-36(38)40-39(41)35(32)23-27/h1-24H. The number of nitrogens with zero attached hydrogens (tertiary/aromatic N) is 2. The van der Waals surface area contributed by atoms with Gasteiger partial charge in [0.2, 0.25) is 0 Å². The Bertz CT molecular complexity index is 2460. The van der Waals surface area contributed by atoms with Crippen molar-refractivity contribution in [1.29, 1.82) is 0 Å². The van der Waals surface area contributed by atoms with E-state index >= 15 is 0 Å². The first-order valence-electron chi connectivity index (χ1n) is 14.1. The molecule has 0 aliphatic rings. The van der Waals surface area contributed by atoms with Gasteiger partial charge >= 0.3 is 0 Å². The molecule has 0 amide bonds. The molecule has 41 heavy (non-hydrogen) atoms. The first-order valence-corrected chi connectivity index (χ1v) is 14.1. The molecule has 0 aliphatic heterocycles. The number of pyridine rings is 1. The first-order chi connectivity index (χ1) is 20.3. The van der Waals surface area contributed by atoms with Crippen LogP contribution >= 0.6 is 0 Å². The van der Waals surface area contributed by atoms with Gasteiger partial charge in [-0.1, -0.05) is 115 Å². The second-order valence-electron chi connectivity index (χ2n) is 10.8. The Kier molecular flexibility index (Phi) is 4.64. The maximum Gasteiger partial charge on any atom is 0.146 e. The topological polar surface area (TPSA) is 17.3 Å². The SMILES string of the molecule is c1ccc2c(c1)cc(-c1ccc(-c3ccc4c5ccccc5n5c6ccccc6nc5c4c3)cc1)c1ccccc12. The van der Waals surface area contributed by atoms with E-state index < -0.39 is 0 Å². The largest absolute Gasteiger partial charge is 0.292 e. The second kappa shape index (κ2) is 8.51. The van der Waals surface area contributed by atoms with Gasteiger partial charge in [-0.3, -0.25) is 4.40 Å². The average molecular weight is 521 g/mol. The van der Waals surface area contributed by atoms with E-state index in [1.807, 2.05) is 0 Å². The Morgan fingerprint density at radius 3 is 1.85 bits per heavy atom. The van der Waals surface area contributed by atoms with Crippen LogP contribution in [0.1, 0.15) is 0 Å². The number of para-hydroxylation sites is 3. The predicted molar refractivity (Wildman–Crippen MR) is 174 cm³/mol. The molecule has 7 aromatic carbocycles. The van der Waals surface area contributed by atoms with Crippen molar-refractivity contribution in [3.63, 3.8) is 0 Å². The molecule has 0 atom stereocenters. The summed E-state index contributed by atoms with van der Waals surface area (Å²) in [4.78, 5) is 5.10. The molecule has 9 rings (SSSR count). The molecule has 190 valence electrons. The minimum absolute atomic E-state index is 1.00. The van der Waals surface area contributed by atoms with Crippen LogP contribution in [-0.2, 0) is 0 Å². The minimum Gasteiger partial charge on any atom is -0.292 e. The molecule has 0 saturated carbocycles. The van der Waals surface area contributed by atoms with Crippen molar-refractivity contribution >= 4 is 59.9 Å². The zero-order valence-electron chi connectivity index (χ0n) is 22.3. The Balaban J connectivity index is 1.23. The van der Waals surface area contributed by atoms with Gasteiger partial charge in [-0.25, -0.2) is 4.98 Å². The van der Waals surface area contributed by atoms with E-state index in [1.165, 1.54) is 65.5 Å². The smallest absolute Gasteiger partial charge is 0.146 e. The highest BCUT2D eigenvalue weighted by Crippen LogP contribution is 2.37. The van der Waals surface area contributed by atoms with E-state index in [2.05, 4.69) is 150 Å². The molecule has 2 aromatic heterocycles. The van der Waals surface area contributed by atoms with Crippen molar-refractivity contribution < 1.29 is 0 Å². The number of aromatic nitrogens is 2. The van der Waals surface area contributed by atoms with E-state index in [9.17, 15) is 0 Å². The summed E-state index contributed by atoms with van der Waals surface area (Å²) in [6, 6.07) is 52.6. The molecule has 2 heteroatoms. The molecule has 0 aliphatic carbocycles. The quantitative estimate of drug-likeness (QED) is 0.207. The van der Waals surface area contributed by atoms with Crippen LogP contribution in [-0.4, -0.2) is 9.38 Å². The van der Waals surface area contributed by atoms with Gasteiger partial charge in [0.25, 0.3) is 0 Å². The van der Waals surface area contributed by atoms with Gasteiger partial charge in [-0.05, 0) is 79.5 Å². The van der Waals surface area contributed by atoms with Gasteiger partial charge in [0.05, 0.1) is 16.6 Å². The summed E-state index contributed by atoms with van der Waals surface area (Å²) in [7, 11) is 0. The number of hydrogen-bond donors (Lipinski definition) is 0. The summed E-state index contributed by atoms with van der Waals surface area (Å²) in [5.74, 6) is 0. The fourth-order valence-electron chi connectivity index (χ4n) is 6.63. The van der Waals surface area contributed by atoms with Crippen molar-refractivity contribution in [3.05, 3.63) is 146 Å². The second-order valence-corrected chi connectivity index (χ2v) is 10.8. The van der Waals surface area contributed by atoms with Crippen molar-refractivity contribution in [2.24, 2.45) is 0 Å². The molecular formula is C39H24N2. The Morgan fingerprint density at radius 2 is 1.00 bits per heavy atom. The fourth-order valence-corrected chi connectivity index (χ4v) is 6.63. The molecule has 0 spiro atoms. The van der Waals surface area contributed by atoms with Gasteiger partial charge in [-0.15, -0.1) is 0 Å². The predicted octanol–water partition coefficient (Wildman–Crippen LogP) is 10.4. The highest BCUT2D eigenvalue weighted by Gasteiger charge is 2.14. The molecule has 2 heterocycles. The number of rotatable bonds is 2. The normalized spacial score (nSPS) is 11.9. The van der Waals surface area contributed by atoms with E-state index in [-0.39, 0.29) is 0 Å². The Labute approximate surface area is 236 Å². The average Bonchev–Trinajstić information content (AvgIpc) is 3.45. The van der Waals surface area contributed by atoms with Crippen LogP contribution in [0, 0.1) is 0 Å². The molecule has 0 radical (unpaired) electrons. The summed E-state index contributed by atoms with van der Waals surface area (Å²) >= 11 is 0. The first kappa shape index (κ1) is 22.4.